The number of hydrogen-bond acceptors (Lipinski definition) is 6. The van der Waals surface area contributed by atoms with Crippen molar-refractivity contribution >= 4 is 11.7 Å². The van der Waals surface area contributed by atoms with Gasteiger partial charge in [0, 0.05) is 45.0 Å². The maximum atomic E-state index is 12.3. The van der Waals surface area contributed by atoms with Crippen LogP contribution in [0.5, 0.6) is 0 Å². The van der Waals surface area contributed by atoms with Gasteiger partial charge in [0.05, 0.1) is 18.2 Å². The monoisotopic (exact) mass is 425 g/mol. The van der Waals surface area contributed by atoms with Crippen LogP contribution in [-0.4, -0.2) is 67.8 Å². The van der Waals surface area contributed by atoms with Gasteiger partial charge in [0.1, 0.15) is 11.9 Å². The van der Waals surface area contributed by atoms with Gasteiger partial charge in [-0.25, -0.2) is 4.98 Å². The molecule has 0 bridgehead atoms. The number of carbonyl (C=O) groups excluding carboxylic acids is 1. The lowest BCUT2D eigenvalue weighted by Crippen LogP contribution is -2.50. The lowest BCUT2D eigenvalue weighted by Gasteiger charge is -2.36. The van der Waals surface area contributed by atoms with Crippen molar-refractivity contribution in [3.05, 3.63) is 22.4 Å². The first-order valence-electron chi connectivity index (χ1n) is 11.9. The van der Waals surface area contributed by atoms with Crippen LogP contribution in [0.2, 0.25) is 0 Å². The smallest absolute Gasteiger partial charge is 0.234 e. The third-order valence-electron chi connectivity index (χ3n) is 6.64. The Bertz CT molecular complexity index is 833. The summed E-state index contributed by atoms with van der Waals surface area (Å²) in [6.45, 7) is 9.48. The normalized spacial score (nSPS) is 21.4. The molecule has 1 aliphatic carbocycles. The minimum absolute atomic E-state index is 0.0662. The highest BCUT2D eigenvalue weighted by Crippen LogP contribution is 2.34. The number of piperazine rings is 1. The molecule has 7 heteroatoms. The van der Waals surface area contributed by atoms with Crippen molar-refractivity contribution in [2.75, 3.05) is 50.8 Å². The highest BCUT2D eigenvalue weighted by atomic mass is 16.5. The Hall–Kier alpha value is -2.17. The van der Waals surface area contributed by atoms with Crippen molar-refractivity contribution in [2.45, 2.75) is 58.5 Å². The van der Waals surface area contributed by atoms with Crippen LogP contribution >= 0.6 is 0 Å². The van der Waals surface area contributed by atoms with Gasteiger partial charge in [0.25, 0.3) is 0 Å². The van der Waals surface area contributed by atoms with E-state index in [2.05, 4.69) is 35.0 Å². The summed E-state index contributed by atoms with van der Waals surface area (Å²) >= 11 is 0. The Kier molecular flexibility index (Phi) is 7.09. The molecule has 1 N–H and O–H groups in total. The van der Waals surface area contributed by atoms with Crippen molar-refractivity contribution in [3.8, 4) is 6.07 Å². The molecule has 2 fully saturated rings. The number of pyridine rings is 1. The molecule has 0 radical (unpaired) electrons. The van der Waals surface area contributed by atoms with E-state index in [0.29, 0.717) is 19.0 Å². The summed E-state index contributed by atoms with van der Waals surface area (Å²) in [7, 11) is 0. The molecule has 2 aliphatic heterocycles. The third kappa shape index (κ3) is 5.19. The van der Waals surface area contributed by atoms with Gasteiger partial charge in [-0.1, -0.05) is 13.8 Å². The molecule has 0 spiro atoms. The van der Waals surface area contributed by atoms with Gasteiger partial charge >= 0.3 is 0 Å². The number of nitrogens with one attached hydrogen (secondary N) is 1. The molecule has 0 saturated carbocycles. The van der Waals surface area contributed by atoms with E-state index >= 15 is 0 Å². The second-order valence-corrected chi connectivity index (χ2v) is 9.48. The number of hydrogen-bond donors (Lipinski definition) is 1. The van der Waals surface area contributed by atoms with E-state index in [-0.39, 0.29) is 12.0 Å². The molecule has 1 amide bonds. The van der Waals surface area contributed by atoms with Gasteiger partial charge in [0.2, 0.25) is 5.91 Å². The van der Waals surface area contributed by atoms with Crippen LogP contribution < -0.4 is 10.2 Å². The fourth-order valence-electron chi connectivity index (χ4n) is 5.04. The fourth-order valence-corrected chi connectivity index (χ4v) is 5.04. The van der Waals surface area contributed by atoms with Crippen LogP contribution in [0.3, 0.4) is 0 Å². The van der Waals surface area contributed by atoms with Gasteiger partial charge in [-0.2, -0.15) is 5.26 Å². The first kappa shape index (κ1) is 22.0. The highest BCUT2D eigenvalue weighted by Gasteiger charge is 2.28. The number of fused-ring (bicyclic) bond motifs is 1. The Morgan fingerprint density at radius 3 is 2.68 bits per heavy atom. The minimum atomic E-state index is 0.0662. The summed E-state index contributed by atoms with van der Waals surface area (Å²) in [5.74, 6) is 1.47. The van der Waals surface area contributed by atoms with Crippen molar-refractivity contribution in [1.82, 2.24) is 15.2 Å². The molecular formula is C24H35N5O2. The Morgan fingerprint density at radius 2 is 2.00 bits per heavy atom. The maximum Gasteiger partial charge on any atom is 0.234 e. The molecule has 2 saturated heterocycles. The van der Waals surface area contributed by atoms with Gasteiger partial charge in [-0.15, -0.1) is 0 Å². The first-order chi connectivity index (χ1) is 15.0. The molecule has 4 rings (SSSR count). The first-order valence-corrected chi connectivity index (χ1v) is 11.9. The summed E-state index contributed by atoms with van der Waals surface area (Å²) in [6.07, 6.45) is 6.42. The van der Waals surface area contributed by atoms with E-state index in [4.69, 9.17) is 9.72 Å². The summed E-state index contributed by atoms with van der Waals surface area (Å²) in [5.41, 5.74) is 4.53. The molecule has 1 aromatic heterocycles. The van der Waals surface area contributed by atoms with Crippen molar-refractivity contribution in [3.63, 3.8) is 0 Å². The standard InChI is InChI=1S/C24H35N5O2/c1-17(2)13-22-20-7-3-6-19(20)21(14-25)24(27-22)29-10-8-28(9-11-29)16-23(30)26-15-18-5-4-12-31-18/h17-18H,3-13,15-16H2,1-2H3,(H,26,30)/t18-/m1/s1. The fraction of sp³-hybridized carbons (Fsp3) is 0.708. The van der Waals surface area contributed by atoms with E-state index in [0.717, 1.165) is 82.7 Å². The van der Waals surface area contributed by atoms with Crippen LogP contribution in [0, 0.1) is 17.2 Å². The van der Waals surface area contributed by atoms with Gasteiger partial charge in [0.15, 0.2) is 0 Å². The topological polar surface area (TPSA) is 81.5 Å². The average Bonchev–Trinajstić information content (AvgIpc) is 3.44. The SMILES string of the molecule is CC(C)Cc1nc(N2CCN(CC(=O)NC[C@H]3CCCO3)CC2)c(C#N)c2c1CCC2. The summed E-state index contributed by atoms with van der Waals surface area (Å²) in [6, 6.07) is 2.47. The second-order valence-electron chi connectivity index (χ2n) is 9.48. The molecule has 168 valence electrons. The molecule has 1 atom stereocenters. The molecule has 0 unspecified atom stereocenters. The van der Waals surface area contributed by atoms with Crippen LogP contribution in [0.25, 0.3) is 0 Å². The van der Waals surface area contributed by atoms with E-state index in [9.17, 15) is 10.1 Å². The van der Waals surface area contributed by atoms with Crippen LogP contribution in [0.15, 0.2) is 0 Å². The number of aromatic nitrogens is 1. The second kappa shape index (κ2) is 9.97. The molecule has 31 heavy (non-hydrogen) atoms. The van der Waals surface area contributed by atoms with Gasteiger partial charge < -0.3 is 15.0 Å². The minimum Gasteiger partial charge on any atom is -0.376 e. The number of nitrogens with zero attached hydrogens (tertiary/aromatic N) is 4. The van der Waals surface area contributed by atoms with Crippen LogP contribution in [0.1, 0.15) is 55.5 Å². The van der Waals surface area contributed by atoms with Gasteiger partial charge in [-0.05, 0) is 55.6 Å². The van der Waals surface area contributed by atoms with E-state index in [1.54, 1.807) is 0 Å². The Balaban J connectivity index is 1.38. The number of ether oxygens (including phenoxy) is 1. The predicted molar refractivity (Wildman–Crippen MR) is 120 cm³/mol. The molecular weight excluding hydrogens is 390 g/mol. The average molecular weight is 426 g/mol. The Morgan fingerprint density at radius 1 is 1.23 bits per heavy atom. The third-order valence-corrected chi connectivity index (χ3v) is 6.64. The quantitative estimate of drug-likeness (QED) is 0.720. The van der Waals surface area contributed by atoms with Crippen molar-refractivity contribution in [1.29, 1.82) is 5.26 Å². The highest BCUT2D eigenvalue weighted by molar-refractivity contribution is 5.78. The van der Waals surface area contributed by atoms with E-state index < -0.39 is 0 Å². The maximum absolute atomic E-state index is 12.3. The largest absolute Gasteiger partial charge is 0.376 e. The Labute approximate surface area is 185 Å². The summed E-state index contributed by atoms with van der Waals surface area (Å²) in [4.78, 5) is 21.8. The number of nitriles is 1. The lowest BCUT2D eigenvalue weighted by molar-refractivity contribution is -0.122. The predicted octanol–water partition coefficient (Wildman–Crippen LogP) is 2.06. The van der Waals surface area contributed by atoms with Crippen LogP contribution in [0.4, 0.5) is 5.82 Å². The summed E-state index contributed by atoms with van der Waals surface area (Å²) < 4.78 is 5.58. The van der Waals surface area contributed by atoms with Gasteiger partial charge in [-0.3, -0.25) is 9.69 Å². The summed E-state index contributed by atoms with van der Waals surface area (Å²) in [5, 5.41) is 12.9. The number of rotatable bonds is 7. The molecule has 3 heterocycles. The lowest BCUT2D eigenvalue weighted by atomic mass is 9.97. The van der Waals surface area contributed by atoms with E-state index in [1.807, 2.05) is 0 Å². The zero-order valence-electron chi connectivity index (χ0n) is 19.0. The molecule has 3 aliphatic rings. The number of amides is 1. The number of anilines is 1. The van der Waals surface area contributed by atoms with Crippen molar-refractivity contribution in [2.24, 2.45) is 5.92 Å². The molecule has 7 nitrogen and oxygen atoms in total. The van der Waals surface area contributed by atoms with Crippen LogP contribution in [-0.2, 0) is 28.8 Å². The molecule has 0 aromatic carbocycles. The molecule has 1 aromatic rings. The van der Waals surface area contributed by atoms with E-state index in [1.165, 1.54) is 16.8 Å². The number of carbonyl (C=O) groups is 1. The van der Waals surface area contributed by atoms with Crippen molar-refractivity contribution < 1.29 is 9.53 Å². The zero-order valence-corrected chi connectivity index (χ0v) is 19.0. The zero-order chi connectivity index (χ0) is 21.8.